The number of rotatable bonds is 4. The Balaban J connectivity index is 0.00000208. The molecule has 134 valence electrons. The number of β-lactam (4-membered cyclic amide) rings is 1. The number of amides is 1. The first kappa shape index (κ1) is 18.8. The normalized spacial score (nSPS) is 30.0. The number of carbonyl (C=O) groups excluding carboxylic acids is 1. The predicted octanol–water partition coefficient (Wildman–Crippen LogP) is -0.126. The van der Waals surface area contributed by atoms with Crippen LogP contribution in [0.5, 0.6) is 0 Å². The van der Waals surface area contributed by atoms with E-state index in [0.29, 0.717) is 12.3 Å². The molecule has 8 nitrogen and oxygen atoms in total. The lowest BCUT2D eigenvalue weighted by Crippen LogP contribution is -2.61. The maximum absolute atomic E-state index is 12.1. The summed E-state index contributed by atoms with van der Waals surface area (Å²) in [5.74, 6) is -1.33. The molecule has 24 heavy (non-hydrogen) atoms. The number of hydrogen-bond acceptors (Lipinski definition) is 5. The van der Waals surface area contributed by atoms with Crippen LogP contribution >= 0.6 is 11.8 Å². The first-order chi connectivity index (χ1) is 10.8. The Morgan fingerprint density at radius 2 is 2.12 bits per heavy atom. The molecule has 0 aliphatic carbocycles. The van der Waals surface area contributed by atoms with Crippen molar-refractivity contribution in [2.75, 3.05) is 13.1 Å². The molecule has 0 bridgehead atoms. The van der Waals surface area contributed by atoms with Gasteiger partial charge < -0.3 is 25.5 Å². The van der Waals surface area contributed by atoms with E-state index in [1.54, 1.807) is 13.8 Å². The number of thioether (sulfide) groups is 1. The molecule has 0 saturated carbocycles. The van der Waals surface area contributed by atoms with Crippen LogP contribution in [0.1, 0.15) is 26.7 Å². The molecule has 4 atom stereocenters. The van der Waals surface area contributed by atoms with Crippen molar-refractivity contribution < 1.29 is 25.3 Å². The van der Waals surface area contributed by atoms with E-state index in [0.717, 1.165) is 24.4 Å². The molecule has 3 aliphatic rings. The lowest BCUT2D eigenvalue weighted by molar-refractivity contribution is -0.161. The molecule has 0 aromatic heterocycles. The third kappa shape index (κ3) is 2.91. The Morgan fingerprint density at radius 3 is 2.62 bits per heavy atom. The largest absolute Gasteiger partial charge is 0.477 e. The number of nitrogens with one attached hydrogen (secondary N) is 1. The number of carboxylic acids is 1. The number of aliphatic hydroxyl groups is 1. The van der Waals surface area contributed by atoms with Gasteiger partial charge in [-0.25, -0.2) is 4.79 Å². The minimum atomic E-state index is -1.08. The molecule has 1 amide bonds. The molecule has 3 heterocycles. The summed E-state index contributed by atoms with van der Waals surface area (Å²) < 4.78 is 0. The summed E-state index contributed by atoms with van der Waals surface area (Å²) in [7, 11) is 0. The van der Waals surface area contributed by atoms with Crippen LogP contribution in [0, 0.1) is 11.3 Å². The highest BCUT2D eigenvalue weighted by molar-refractivity contribution is 8.03. The van der Waals surface area contributed by atoms with Crippen molar-refractivity contribution in [3.05, 3.63) is 10.6 Å². The first-order valence-corrected chi connectivity index (χ1v) is 8.63. The molecule has 3 rings (SSSR count). The molecule has 1 unspecified atom stereocenters. The van der Waals surface area contributed by atoms with Crippen molar-refractivity contribution in [2.45, 2.75) is 44.1 Å². The third-order valence-electron chi connectivity index (χ3n) is 4.82. The molecular formula is C15H23N3O5S. The quantitative estimate of drug-likeness (QED) is 0.364. The van der Waals surface area contributed by atoms with Crippen molar-refractivity contribution >= 4 is 29.5 Å². The number of amidine groups is 1. The summed E-state index contributed by atoms with van der Waals surface area (Å²) >= 11 is 1.52. The predicted molar refractivity (Wildman–Crippen MR) is 89.7 cm³/mol. The third-order valence-corrected chi connectivity index (χ3v) is 6.18. The first-order valence-electron chi connectivity index (χ1n) is 7.75. The van der Waals surface area contributed by atoms with Crippen molar-refractivity contribution in [3.8, 4) is 0 Å². The van der Waals surface area contributed by atoms with Gasteiger partial charge in [0.2, 0.25) is 5.91 Å². The zero-order valence-corrected chi connectivity index (χ0v) is 14.5. The van der Waals surface area contributed by atoms with Crippen molar-refractivity contribution in [2.24, 2.45) is 5.92 Å². The Hall–Kier alpha value is -1.58. The van der Waals surface area contributed by atoms with Crippen LogP contribution in [0.25, 0.3) is 0 Å². The van der Waals surface area contributed by atoms with Crippen molar-refractivity contribution in [1.29, 1.82) is 5.41 Å². The van der Waals surface area contributed by atoms with Gasteiger partial charge in [-0.3, -0.25) is 10.2 Å². The highest BCUT2D eigenvalue weighted by atomic mass is 32.2. The number of carbonyl (C=O) groups is 2. The van der Waals surface area contributed by atoms with E-state index < -0.39 is 18.0 Å². The van der Waals surface area contributed by atoms with Gasteiger partial charge in [-0.2, -0.15) is 0 Å². The number of carboxylic acid groups (broad SMARTS) is 1. The molecule has 2 saturated heterocycles. The minimum Gasteiger partial charge on any atom is -0.477 e. The highest BCUT2D eigenvalue weighted by Gasteiger charge is 2.57. The zero-order chi connectivity index (χ0) is 16.9. The zero-order valence-electron chi connectivity index (χ0n) is 13.7. The van der Waals surface area contributed by atoms with E-state index in [1.165, 1.54) is 16.7 Å². The van der Waals surface area contributed by atoms with Gasteiger partial charge in [-0.05, 0) is 20.3 Å². The molecule has 2 fully saturated rings. The van der Waals surface area contributed by atoms with Crippen LogP contribution in [-0.4, -0.2) is 73.7 Å². The van der Waals surface area contributed by atoms with Crippen LogP contribution in [0.4, 0.5) is 0 Å². The van der Waals surface area contributed by atoms with E-state index in [4.69, 9.17) is 5.41 Å². The highest BCUT2D eigenvalue weighted by Crippen LogP contribution is 2.48. The molecule has 0 radical (unpaired) electrons. The fourth-order valence-corrected chi connectivity index (χ4v) is 5.11. The maximum atomic E-state index is 12.1. The fraction of sp³-hybridized carbons (Fsp3) is 0.667. The summed E-state index contributed by atoms with van der Waals surface area (Å²) in [6.45, 7) is 4.87. The summed E-state index contributed by atoms with van der Waals surface area (Å²) in [4.78, 5) is 27.8. The summed E-state index contributed by atoms with van der Waals surface area (Å²) in [5, 5.41) is 27.1. The van der Waals surface area contributed by atoms with E-state index in [9.17, 15) is 19.8 Å². The van der Waals surface area contributed by atoms with Gasteiger partial charge in [0.05, 0.1) is 23.9 Å². The summed E-state index contributed by atoms with van der Waals surface area (Å²) in [5.41, 5.74) is 0.0897. The number of likely N-dealkylation sites (tertiary alicyclic amines) is 1. The Morgan fingerprint density at radius 1 is 1.46 bits per heavy atom. The van der Waals surface area contributed by atoms with Gasteiger partial charge in [0.25, 0.3) is 0 Å². The number of hydrogen-bond donors (Lipinski definition) is 3. The van der Waals surface area contributed by atoms with Crippen molar-refractivity contribution in [1.82, 2.24) is 9.80 Å². The topological polar surface area (TPSA) is 136 Å². The van der Waals surface area contributed by atoms with Crippen LogP contribution < -0.4 is 0 Å². The van der Waals surface area contributed by atoms with Gasteiger partial charge in [0.1, 0.15) is 5.70 Å². The standard InChI is InChI=1S/C15H21N3O4S.H2O/c1-7(19)12-10-5-11(13(15(21)22)18(10)14(12)20)23-9-3-4-17(6-9)8(2)16;/h7,9-10,12,16,19H,3-6H2,1-2H3,(H,21,22);1H2/t7?,9-,10+,12+;/m0./s1. The van der Waals surface area contributed by atoms with E-state index in [1.807, 2.05) is 4.90 Å². The Bertz CT molecular complexity index is 606. The Kier molecular flexibility index (Phi) is 5.26. The second kappa shape index (κ2) is 6.73. The van der Waals surface area contributed by atoms with Gasteiger partial charge >= 0.3 is 5.97 Å². The number of aliphatic carboxylic acids is 1. The van der Waals surface area contributed by atoms with Gasteiger partial charge in [-0.15, -0.1) is 11.8 Å². The number of fused-ring (bicyclic) bond motifs is 1. The molecule has 0 aromatic carbocycles. The van der Waals surface area contributed by atoms with Crippen LogP contribution in [-0.2, 0) is 9.59 Å². The van der Waals surface area contributed by atoms with E-state index in [2.05, 4.69) is 0 Å². The van der Waals surface area contributed by atoms with E-state index >= 15 is 0 Å². The Labute approximate surface area is 144 Å². The molecule has 0 spiro atoms. The number of nitrogens with zero attached hydrogens (tertiary/aromatic N) is 2. The minimum absolute atomic E-state index is 0. The molecule has 0 aromatic rings. The van der Waals surface area contributed by atoms with Crippen LogP contribution in [0.15, 0.2) is 10.6 Å². The smallest absolute Gasteiger partial charge is 0.353 e. The fourth-order valence-electron chi connectivity index (χ4n) is 3.67. The molecular weight excluding hydrogens is 334 g/mol. The molecule has 3 aliphatic heterocycles. The number of aliphatic hydroxyl groups excluding tert-OH is 1. The lowest BCUT2D eigenvalue weighted by Gasteiger charge is -2.44. The van der Waals surface area contributed by atoms with E-state index in [-0.39, 0.29) is 28.4 Å². The molecule has 9 heteroatoms. The second-order valence-electron chi connectivity index (χ2n) is 6.38. The molecule has 5 N–H and O–H groups in total. The second-order valence-corrected chi connectivity index (χ2v) is 7.78. The van der Waals surface area contributed by atoms with Gasteiger partial charge in [0, 0.05) is 29.7 Å². The average molecular weight is 357 g/mol. The lowest BCUT2D eigenvalue weighted by atomic mass is 9.83. The average Bonchev–Trinajstić information content (AvgIpc) is 3.02. The maximum Gasteiger partial charge on any atom is 0.353 e. The summed E-state index contributed by atoms with van der Waals surface area (Å²) in [6.07, 6.45) is 0.648. The van der Waals surface area contributed by atoms with Gasteiger partial charge in [0.15, 0.2) is 0 Å². The van der Waals surface area contributed by atoms with Crippen LogP contribution in [0.3, 0.4) is 0 Å². The van der Waals surface area contributed by atoms with Crippen LogP contribution in [0.2, 0.25) is 0 Å². The SMILES string of the molecule is CC(=N)N1CC[C@H](SC2=C(C(=O)O)N3C(=O)[C@H](C(C)O)[C@H]3C2)C1.O. The monoisotopic (exact) mass is 357 g/mol. The summed E-state index contributed by atoms with van der Waals surface area (Å²) in [6, 6.07) is -0.224. The van der Waals surface area contributed by atoms with Gasteiger partial charge in [-0.1, -0.05) is 0 Å². The van der Waals surface area contributed by atoms with Crippen molar-refractivity contribution in [3.63, 3.8) is 0 Å².